The Hall–Kier alpha value is -1.55. The standard InChI is InChI=1S/C18H29N3O/c1-5-17(21-13(3)7-6-8-14(21)4)18(22)20-15-10-9-12(2)16(19)11-15/h9-11,13-14,17H,5-8,19H2,1-4H3,(H,20,22). The molecule has 22 heavy (non-hydrogen) atoms. The molecule has 4 heteroatoms. The van der Waals surface area contributed by atoms with Gasteiger partial charge in [0.15, 0.2) is 0 Å². The van der Waals surface area contributed by atoms with Gasteiger partial charge in [0.25, 0.3) is 0 Å². The van der Waals surface area contributed by atoms with Crippen LogP contribution in [0.25, 0.3) is 0 Å². The fourth-order valence-corrected chi connectivity index (χ4v) is 3.53. The number of aryl methyl sites for hydroxylation is 1. The number of nitrogens with two attached hydrogens (primary N) is 1. The summed E-state index contributed by atoms with van der Waals surface area (Å²) >= 11 is 0. The Bertz CT molecular complexity index is 519. The highest BCUT2D eigenvalue weighted by atomic mass is 16.2. The van der Waals surface area contributed by atoms with E-state index in [2.05, 4.69) is 31.0 Å². The number of rotatable bonds is 4. The lowest BCUT2D eigenvalue weighted by Crippen LogP contribution is -2.54. The Labute approximate surface area is 134 Å². The molecule has 0 radical (unpaired) electrons. The molecule has 122 valence electrons. The molecule has 0 bridgehead atoms. The first kappa shape index (κ1) is 16.8. The Kier molecular flexibility index (Phi) is 5.46. The molecule has 1 aliphatic rings. The lowest BCUT2D eigenvalue weighted by Gasteiger charge is -2.43. The van der Waals surface area contributed by atoms with Crippen LogP contribution in [0.5, 0.6) is 0 Å². The summed E-state index contributed by atoms with van der Waals surface area (Å²) < 4.78 is 0. The summed E-state index contributed by atoms with van der Waals surface area (Å²) in [7, 11) is 0. The zero-order chi connectivity index (χ0) is 16.3. The lowest BCUT2D eigenvalue weighted by atomic mass is 9.94. The van der Waals surface area contributed by atoms with E-state index >= 15 is 0 Å². The molecular weight excluding hydrogens is 274 g/mol. The van der Waals surface area contributed by atoms with Crippen LogP contribution in [-0.2, 0) is 4.79 Å². The minimum Gasteiger partial charge on any atom is -0.398 e. The third kappa shape index (κ3) is 3.61. The molecule has 1 heterocycles. The van der Waals surface area contributed by atoms with E-state index in [4.69, 9.17) is 5.73 Å². The smallest absolute Gasteiger partial charge is 0.241 e. The van der Waals surface area contributed by atoms with Gasteiger partial charge in [-0.1, -0.05) is 19.4 Å². The number of carbonyl (C=O) groups is 1. The van der Waals surface area contributed by atoms with Crippen molar-refractivity contribution in [2.45, 2.75) is 71.5 Å². The van der Waals surface area contributed by atoms with Crippen molar-refractivity contribution in [3.63, 3.8) is 0 Å². The Balaban J connectivity index is 2.12. The molecule has 0 spiro atoms. The zero-order valence-corrected chi connectivity index (χ0v) is 14.2. The number of hydrogen-bond donors (Lipinski definition) is 2. The highest BCUT2D eigenvalue weighted by molar-refractivity contribution is 5.95. The topological polar surface area (TPSA) is 58.4 Å². The second-order valence-electron chi connectivity index (χ2n) is 6.56. The molecule has 1 aromatic rings. The van der Waals surface area contributed by atoms with Crippen LogP contribution in [0.15, 0.2) is 18.2 Å². The van der Waals surface area contributed by atoms with E-state index in [0.717, 1.165) is 17.7 Å². The molecule has 1 saturated heterocycles. The molecule has 1 aromatic carbocycles. The summed E-state index contributed by atoms with van der Waals surface area (Å²) in [5.41, 5.74) is 8.46. The van der Waals surface area contributed by atoms with Crippen LogP contribution >= 0.6 is 0 Å². The second-order valence-corrected chi connectivity index (χ2v) is 6.56. The molecule has 0 aliphatic carbocycles. The summed E-state index contributed by atoms with van der Waals surface area (Å²) in [5.74, 6) is 0.0753. The van der Waals surface area contributed by atoms with Gasteiger partial charge in [-0.05, 0) is 57.7 Å². The number of anilines is 2. The number of nitrogen functional groups attached to an aromatic ring is 1. The monoisotopic (exact) mass is 303 g/mol. The molecule has 3 atom stereocenters. The highest BCUT2D eigenvalue weighted by Crippen LogP contribution is 2.27. The van der Waals surface area contributed by atoms with Gasteiger partial charge in [-0.15, -0.1) is 0 Å². The molecule has 0 aromatic heterocycles. The van der Waals surface area contributed by atoms with Gasteiger partial charge in [0.05, 0.1) is 6.04 Å². The van der Waals surface area contributed by atoms with Gasteiger partial charge in [0.2, 0.25) is 5.91 Å². The molecule has 1 amide bonds. The fraction of sp³-hybridized carbons (Fsp3) is 0.611. The molecule has 1 aliphatic heterocycles. The maximum absolute atomic E-state index is 12.7. The fourth-order valence-electron chi connectivity index (χ4n) is 3.53. The molecule has 2 rings (SSSR count). The summed E-state index contributed by atoms with van der Waals surface area (Å²) in [6.07, 6.45) is 4.42. The number of piperidine rings is 1. The summed E-state index contributed by atoms with van der Waals surface area (Å²) in [5, 5.41) is 3.04. The third-order valence-electron chi connectivity index (χ3n) is 4.86. The van der Waals surface area contributed by atoms with Gasteiger partial charge in [-0.3, -0.25) is 9.69 Å². The number of carbonyl (C=O) groups excluding carboxylic acids is 1. The second kappa shape index (κ2) is 7.14. The maximum atomic E-state index is 12.7. The van der Waals surface area contributed by atoms with E-state index in [0.29, 0.717) is 17.8 Å². The van der Waals surface area contributed by atoms with E-state index in [9.17, 15) is 4.79 Å². The van der Waals surface area contributed by atoms with Crippen molar-refractivity contribution in [2.75, 3.05) is 11.1 Å². The van der Waals surface area contributed by atoms with Gasteiger partial charge >= 0.3 is 0 Å². The average Bonchev–Trinajstić information content (AvgIpc) is 2.47. The van der Waals surface area contributed by atoms with Crippen molar-refractivity contribution >= 4 is 17.3 Å². The predicted octanol–water partition coefficient (Wildman–Crippen LogP) is 3.56. The molecular formula is C18H29N3O. The minimum atomic E-state index is -0.0761. The predicted molar refractivity (Wildman–Crippen MR) is 92.9 cm³/mol. The van der Waals surface area contributed by atoms with Crippen molar-refractivity contribution in [3.05, 3.63) is 23.8 Å². The Morgan fingerprint density at radius 3 is 2.55 bits per heavy atom. The van der Waals surface area contributed by atoms with Gasteiger partial charge < -0.3 is 11.1 Å². The first-order valence-corrected chi connectivity index (χ1v) is 8.38. The number of amides is 1. The number of likely N-dealkylation sites (tertiary alicyclic amines) is 1. The van der Waals surface area contributed by atoms with Crippen LogP contribution in [0.4, 0.5) is 11.4 Å². The average molecular weight is 303 g/mol. The van der Waals surface area contributed by atoms with E-state index < -0.39 is 0 Å². The van der Waals surface area contributed by atoms with Crippen LogP contribution in [-0.4, -0.2) is 28.9 Å². The van der Waals surface area contributed by atoms with Crippen molar-refractivity contribution in [2.24, 2.45) is 0 Å². The van der Waals surface area contributed by atoms with Crippen molar-refractivity contribution in [3.8, 4) is 0 Å². The number of nitrogens with zero attached hydrogens (tertiary/aromatic N) is 1. The Morgan fingerprint density at radius 2 is 2.00 bits per heavy atom. The quantitative estimate of drug-likeness (QED) is 0.836. The van der Waals surface area contributed by atoms with Crippen LogP contribution < -0.4 is 11.1 Å². The van der Waals surface area contributed by atoms with Gasteiger partial charge in [-0.2, -0.15) is 0 Å². The van der Waals surface area contributed by atoms with E-state index in [1.54, 1.807) is 0 Å². The molecule has 0 saturated carbocycles. The van der Waals surface area contributed by atoms with E-state index in [1.165, 1.54) is 19.3 Å². The molecule has 1 fully saturated rings. The van der Waals surface area contributed by atoms with Crippen molar-refractivity contribution in [1.29, 1.82) is 0 Å². The molecule has 3 N–H and O–H groups in total. The summed E-state index contributed by atoms with van der Waals surface area (Å²) in [4.78, 5) is 15.1. The maximum Gasteiger partial charge on any atom is 0.241 e. The van der Waals surface area contributed by atoms with Crippen LogP contribution in [0.2, 0.25) is 0 Å². The van der Waals surface area contributed by atoms with Crippen LogP contribution in [0, 0.1) is 6.92 Å². The van der Waals surface area contributed by atoms with Crippen molar-refractivity contribution in [1.82, 2.24) is 4.90 Å². The summed E-state index contributed by atoms with van der Waals surface area (Å²) in [6, 6.07) is 6.54. The minimum absolute atomic E-state index is 0.0753. The summed E-state index contributed by atoms with van der Waals surface area (Å²) in [6.45, 7) is 8.51. The van der Waals surface area contributed by atoms with Gasteiger partial charge in [0.1, 0.15) is 0 Å². The number of hydrogen-bond acceptors (Lipinski definition) is 3. The van der Waals surface area contributed by atoms with Gasteiger partial charge in [-0.25, -0.2) is 0 Å². The first-order valence-electron chi connectivity index (χ1n) is 8.38. The van der Waals surface area contributed by atoms with Crippen LogP contribution in [0.1, 0.15) is 52.0 Å². The normalized spacial score (nSPS) is 24.0. The Morgan fingerprint density at radius 1 is 1.36 bits per heavy atom. The number of nitrogens with one attached hydrogen (secondary N) is 1. The van der Waals surface area contributed by atoms with Crippen molar-refractivity contribution < 1.29 is 4.79 Å². The van der Waals surface area contributed by atoms with E-state index in [-0.39, 0.29) is 11.9 Å². The molecule has 3 unspecified atom stereocenters. The molecule has 4 nitrogen and oxygen atoms in total. The largest absolute Gasteiger partial charge is 0.398 e. The van der Waals surface area contributed by atoms with Gasteiger partial charge in [0, 0.05) is 23.5 Å². The van der Waals surface area contributed by atoms with Crippen LogP contribution in [0.3, 0.4) is 0 Å². The SMILES string of the molecule is CCC(C(=O)Nc1ccc(C)c(N)c1)N1C(C)CCCC1C. The lowest BCUT2D eigenvalue weighted by molar-refractivity contribution is -0.124. The first-order chi connectivity index (χ1) is 10.4. The third-order valence-corrected chi connectivity index (χ3v) is 4.86. The van der Waals surface area contributed by atoms with E-state index in [1.807, 2.05) is 25.1 Å². The zero-order valence-electron chi connectivity index (χ0n) is 14.2. The number of benzene rings is 1. The highest BCUT2D eigenvalue weighted by Gasteiger charge is 2.34.